The van der Waals surface area contributed by atoms with Gasteiger partial charge < -0.3 is 10.4 Å². The molecule has 0 saturated carbocycles. The molecule has 2 N–H and O–H groups in total. The number of rotatable bonds is 7. The van der Waals surface area contributed by atoms with Crippen molar-refractivity contribution in [1.82, 2.24) is 23.2 Å². The van der Waals surface area contributed by atoms with Crippen molar-refractivity contribution in [3.05, 3.63) is 66.6 Å². The molecule has 3 aromatic heterocycles. The zero-order chi connectivity index (χ0) is 23.9. The molecule has 9 nitrogen and oxygen atoms in total. The monoisotopic (exact) mass is 494 g/mol. The van der Waals surface area contributed by atoms with Crippen molar-refractivity contribution < 1.29 is 14.1 Å². The molecule has 1 saturated heterocycles. The number of carbonyl (C=O) groups is 1. The predicted octanol–water partition coefficient (Wildman–Crippen LogP) is 3.20. The smallest absolute Gasteiger partial charge is 0.332 e. The third-order valence-electron chi connectivity index (χ3n) is 5.76. The highest BCUT2D eigenvalue weighted by molar-refractivity contribution is 7.96. The van der Waals surface area contributed by atoms with Crippen LogP contribution < -0.4 is 5.32 Å². The SMILES string of the molecule is CSN1CC(Nc2ccnc(-c3cn(S(=O)c4ccc(C)cc4)c4ncccc34)n2)(C(=O)O)C1. The summed E-state index contributed by atoms with van der Waals surface area (Å²) < 4.78 is 16.9. The Hall–Kier alpha value is -3.28. The molecule has 0 bridgehead atoms. The van der Waals surface area contributed by atoms with Gasteiger partial charge in [0.15, 0.2) is 28.0 Å². The summed E-state index contributed by atoms with van der Waals surface area (Å²) in [6.07, 6.45) is 6.89. The summed E-state index contributed by atoms with van der Waals surface area (Å²) in [4.78, 5) is 26.1. The van der Waals surface area contributed by atoms with Gasteiger partial charge >= 0.3 is 5.97 Å². The fourth-order valence-corrected chi connectivity index (χ4v) is 5.66. The average Bonchev–Trinajstić information content (AvgIpc) is 3.21. The minimum Gasteiger partial charge on any atom is -0.479 e. The predicted molar refractivity (Wildman–Crippen MR) is 133 cm³/mol. The highest BCUT2D eigenvalue weighted by Gasteiger charge is 2.50. The fourth-order valence-electron chi connectivity index (χ4n) is 3.86. The minimum atomic E-state index is -1.51. The Morgan fingerprint density at radius 1 is 1.15 bits per heavy atom. The molecule has 11 heteroatoms. The first-order valence-corrected chi connectivity index (χ1v) is 12.8. The number of aromatic nitrogens is 4. The second kappa shape index (κ2) is 8.82. The van der Waals surface area contributed by atoms with Gasteiger partial charge in [0.05, 0.1) is 4.90 Å². The van der Waals surface area contributed by atoms with E-state index in [9.17, 15) is 14.1 Å². The van der Waals surface area contributed by atoms with E-state index in [2.05, 4.69) is 20.3 Å². The quantitative estimate of drug-likeness (QED) is 0.374. The molecular weight excluding hydrogens is 472 g/mol. The maximum absolute atomic E-state index is 13.4. The number of nitrogens with one attached hydrogen (secondary N) is 1. The number of pyridine rings is 1. The molecule has 1 fully saturated rings. The summed E-state index contributed by atoms with van der Waals surface area (Å²) in [5, 5.41) is 13.6. The van der Waals surface area contributed by atoms with E-state index in [0.717, 1.165) is 10.9 Å². The molecule has 0 amide bonds. The van der Waals surface area contributed by atoms with Crippen LogP contribution in [-0.2, 0) is 15.8 Å². The lowest BCUT2D eigenvalue weighted by Gasteiger charge is -2.46. The Bertz CT molecular complexity index is 1400. The first-order chi connectivity index (χ1) is 16.4. The van der Waals surface area contributed by atoms with Crippen molar-refractivity contribution in [2.45, 2.75) is 17.4 Å². The van der Waals surface area contributed by atoms with Crippen LogP contribution in [0.3, 0.4) is 0 Å². The number of nitrogens with zero attached hydrogens (tertiary/aromatic N) is 5. The molecular formula is C23H22N6O3S2. The molecule has 4 aromatic rings. The highest BCUT2D eigenvalue weighted by Crippen LogP contribution is 2.32. The number of benzene rings is 1. The van der Waals surface area contributed by atoms with Gasteiger partial charge in [-0.25, -0.2) is 32.2 Å². The molecule has 1 aromatic carbocycles. The lowest BCUT2D eigenvalue weighted by molar-refractivity contribution is -0.146. The molecule has 0 spiro atoms. The van der Waals surface area contributed by atoms with Crippen molar-refractivity contribution in [2.24, 2.45) is 0 Å². The Kier molecular flexibility index (Phi) is 5.84. The zero-order valence-corrected chi connectivity index (χ0v) is 20.1. The number of carboxylic acids is 1. The Morgan fingerprint density at radius 2 is 1.91 bits per heavy atom. The van der Waals surface area contributed by atoms with E-state index in [0.29, 0.717) is 40.8 Å². The van der Waals surface area contributed by atoms with Gasteiger partial charge in [-0.05, 0) is 43.5 Å². The Balaban J connectivity index is 1.52. The van der Waals surface area contributed by atoms with Gasteiger partial charge in [-0.3, -0.25) is 0 Å². The molecule has 34 heavy (non-hydrogen) atoms. The number of aliphatic carboxylic acids is 1. The summed E-state index contributed by atoms with van der Waals surface area (Å²) in [5.41, 5.74) is 1.20. The fraction of sp³-hybridized carbons (Fsp3) is 0.217. The molecule has 1 unspecified atom stereocenters. The van der Waals surface area contributed by atoms with Crippen LogP contribution >= 0.6 is 11.9 Å². The lowest BCUT2D eigenvalue weighted by atomic mass is 9.92. The second-order valence-electron chi connectivity index (χ2n) is 8.06. The van der Waals surface area contributed by atoms with Gasteiger partial charge in [0, 0.05) is 42.6 Å². The zero-order valence-electron chi connectivity index (χ0n) is 18.5. The van der Waals surface area contributed by atoms with E-state index in [1.54, 1.807) is 34.7 Å². The van der Waals surface area contributed by atoms with Crippen molar-refractivity contribution in [3.8, 4) is 11.4 Å². The van der Waals surface area contributed by atoms with E-state index in [1.807, 2.05) is 47.8 Å². The van der Waals surface area contributed by atoms with Crippen LogP contribution in [0.1, 0.15) is 5.56 Å². The molecule has 1 atom stereocenters. The number of fused-ring (bicyclic) bond motifs is 1. The molecule has 5 rings (SSSR count). The molecule has 174 valence electrons. The van der Waals surface area contributed by atoms with Crippen molar-refractivity contribution >= 4 is 45.8 Å². The summed E-state index contributed by atoms with van der Waals surface area (Å²) in [6.45, 7) is 2.70. The molecule has 1 aliphatic rings. The first kappa shape index (κ1) is 22.5. The first-order valence-electron chi connectivity index (χ1n) is 10.5. The van der Waals surface area contributed by atoms with Gasteiger partial charge in [-0.1, -0.05) is 29.6 Å². The number of anilines is 1. The van der Waals surface area contributed by atoms with E-state index < -0.39 is 22.5 Å². The summed E-state index contributed by atoms with van der Waals surface area (Å²) >= 11 is 1.51. The van der Waals surface area contributed by atoms with Gasteiger partial charge in [-0.2, -0.15) is 0 Å². The normalized spacial score (nSPS) is 16.2. The van der Waals surface area contributed by atoms with Crippen LogP contribution in [-0.4, -0.2) is 63.4 Å². The van der Waals surface area contributed by atoms with Crippen LogP contribution in [0.2, 0.25) is 0 Å². The van der Waals surface area contributed by atoms with Gasteiger partial charge in [0.1, 0.15) is 5.82 Å². The Morgan fingerprint density at radius 3 is 2.62 bits per heavy atom. The maximum Gasteiger partial charge on any atom is 0.332 e. The van der Waals surface area contributed by atoms with E-state index in [4.69, 9.17) is 0 Å². The molecule has 4 heterocycles. The van der Waals surface area contributed by atoms with Crippen LogP contribution in [0.15, 0.2) is 66.0 Å². The third-order valence-corrected chi connectivity index (χ3v) is 7.84. The number of hydrogen-bond acceptors (Lipinski definition) is 8. The van der Waals surface area contributed by atoms with Gasteiger partial charge in [0.25, 0.3) is 0 Å². The summed E-state index contributed by atoms with van der Waals surface area (Å²) in [7, 11) is -1.51. The van der Waals surface area contributed by atoms with Gasteiger partial charge in [0.2, 0.25) is 0 Å². The Labute approximate surface area is 203 Å². The largest absolute Gasteiger partial charge is 0.479 e. The van der Waals surface area contributed by atoms with Crippen LogP contribution in [0, 0.1) is 6.92 Å². The van der Waals surface area contributed by atoms with Crippen LogP contribution in [0.5, 0.6) is 0 Å². The summed E-state index contributed by atoms with van der Waals surface area (Å²) in [5.74, 6) is -0.117. The number of hydrogen-bond donors (Lipinski definition) is 2. The van der Waals surface area contributed by atoms with Crippen molar-refractivity contribution in [1.29, 1.82) is 0 Å². The third kappa shape index (κ3) is 3.95. The van der Waals surface area contributed by atoms with Crippen molar-refractivity contribution in [2.75, 3.05) is 24.7 Å². The average molecular weight is 495 g/mol. The summed E-state index contributed by atoms with van der Waals surface area (Å²) in [6, 6.07) is 12.8. The molecule has 0 aliphatic carbocycles. The second-order valence-corrected chi connectivity index (χ2v) is 10.3. The topological polar surface area (TPSA) is 113 Å². The molecule has 1 aliphatic heterocycles. The van der Waals surface area contributed by atoms with E-state index >= 15 is 0 Å². The van der Waals surface area contributed by atoms with Crippen LogP contribution in [0.25, 0.3) is 22.4 Å². The lowest BCUT2D eigenvalue weighted by Crippen LogP contribution is -2.68. The maximum atomic E-state index is 13.4. The molecule has 0 radical (unpaired) electrons. The highest BCUT2D eigenvalue weighted by atomic mass is 32.2. The van der Waals surface area contributed by atoms with Gasteiger partial charge in [-0.15, -0.1) is 0 Å². The standard InChI is InChI=1S/C23H22N6O3S2/c1-15-5-7-16(8-6-15)34(32)29-12-18(17-4-3-10-25-21(17)29)20-24-11-9-19(26-20)27-23(22(30)31)13-28(14-23)33-2/h3-12H,13-14H2,1-2H3,(H,30,31)(H,24,26,27). The van der Waals surface area contributed by atoms with E-state index in [-0.39, 0.29) is 0 Å². The number of carboxylic acid groups (broad SMARTS) is 1. The van der Waals surface area contributed by atoms with E-state index in [1.165, 1.54) is 11.9 Å². The number of aryl methyl sites for hydroxylation is 1. The van der Waals surface area contributed by atoms with Crippen LogP contribution in [0.4, 0.5) is 5.82 Å². The minimum absolute atomic E-state index is 0.363. The van der Waals surface area contributed by atoms with Crippen molar-refractivity contribution in [3.63, 3.8) is 0 Å².